The molecule has 0 saturated heterocycles. The Morgan fingerprint density at radius 3 is 3.00 bits per heavy atom. The molecule has 0 amide bonds. The molecule has 0 radical (unpaired) electrons. The van der Waals surface area contributed by atoms with Crippen molar-refractivity contribution in [2.45, 2.75) is 6.92 Å². The van der Waals surface area contributed by atoms with Gasteiger partial charge in [-0.15, -0.1) is 5.10 Å². The van der Waals surface area contributed by atoms with E-state index in [-0.39, 0.29) is 18.1 Å². The van der Waals surface area contributed by atoms with E-state index in [0.29, 0.717) is 11.3 Å². The van der Waals surface area contributed by atoms with E-state index in [0.717, 1.165) is 0 Å². The first-order valence-corrected chi connectivity index (χ1v) is 5.09. The Morgan fingerprint density at radius 2 is 2.29 bits per heavy atom. The van der Waals surface area contributed by atoms with E-state index in [1.54, 1.807) is 19.1 Å². The highest BCUT2D eigenvalue weighted by Crippen LogP contribution is 2.23. The maximum absolute atomic E-state index is 11.6. The first-order chi connectivity index (χ1) is 8.22. The number of hydrogen-bond acceptors (Lipinski definition) is 5. The Kier molecular flexibility index (Phi) is 3.04. The van der Waals surface area contributed by atoms with Gasteiger partial charge in [0.15, 0.2) is 5.69 Å². The highest BCUT2D eigenvalue weighted by Gasteiger charge is 2.18. The summed E-state index contributed by atoms with van der Waals surface area (Å²) in [4.78, 5) is 11.6. The van der Waals surface area contributed by atoms with Crippen LogP contribution in [0.3, 0.4) is 0 Å². The molecule has 2 N–H and O–H groups in total. The number of carbonyl (C=O) groups is 1. The minimum absolute atomic E-state index is 0.0975. The average Bonchev–Trinajstić information content (AvgIpc) is 2.78. The van der Waals surface area contributed by atoms with Crippen molar-refractivity contribution in [2.75, 3.05) is 6.61 Å². The summed E-state index contributed by atoms with van der Waals surface area (Å²) >= 11 is 0. The molecule has 0 spiro atoms. The third-order valence-electron chi connectivity index (χ3n) is 2.14. The molecule has 6 nitrogen and oxygen atoms in total. The highest BCUT2D eigenvalue weighted by molar-refractivity contribution is 5.93. The number of esters is 1. The number of ether oxygens (including phenoxy) is 1. The number of phenolic OH excluding ortho intramolecular Hbond substituents is 1. The molecule has 88 valence electrons. The molecule has 0 aliphatic rings. The maximum Gasteiger partial charge on any atom is 0.361 e. The molecule has 2 aromatic rings. The van der Waals surface area contributed by atoms with Crippen molar-refractivity contribution in [1.82, 2.24) is 15.4 Å². The number of aromatic nitrogens is 3. The summed E-state index contributed by atoms with van der Waals surface area (Å²) in [6, 6.07) is 6.42. The van der Waals surface area contributed by atoms with Crippen LogP contribution in [-0.4, -0.2) is 33.1 Å². The summed E-state index contributed by atoms with van der Waals surface area (Å²) in [6.45, 7) is 1.98. The van der Waals surface area contributed by atoms with Crippen molar-refractivity contribution in [1.29, 1.82) is 0 Å². The smallest absolute Gasteiger partial charge is 0.361 e. The molecule has 0 aliphatic heterocycles. The minimum Gasteiger partial charge on any atom is -0.508 e. The molecule has 1 aromatic heterocycles. The van der Waals surface area contributed by atoms with Crippen LogP contribution in [0.1, 0.15) is 17.4 Å². The van der Waals surface area contributed by atoms with E-state index in [2.05, 4.69) is 15.4 Å². The fraction of sp³-hybridized carbons (Fsp3) is 0.182. The number of benzene rings is 1. The molecule has 1 heterocycles. The predicted octanol–water partition coefficient (Wildman–Crippen LogP) is 1.35. The summed E-state index contributed by atoms with van der Waals surface area (Å²) < 4.78 is 4.85. The third-order valence-corrected chi connectivity index (χ3v) is 2.14. The summed E-state index contributed by atoms with van der Waals surface area (Å²) in [5, 5.41) is 19.4. The maximum atomic E-state index is 11.6. The molecular formula is C11H11N3O3. The van der Waals surface area contributed by atoms with Gasteiger partial charge in [0, 0.05) is 5.56 Å². The van der Waals surface area contributed by atoms with Crippen LogP contribution in [0.15, 0.2) is 24.3 Å². The zero-order chi connectivity index (χ0) is 12.3. The molecule has 0 saturated carbocycles. The van der Waals surface area contributed by atoms with E-state index >= 15 is 0 Å². The second-order valence-corrected chi connectivity index (χ2v) is 3.29. The van der Waals surface area contributed by atoms with E-state index in [1.165, 1.54) is 12.1 Å². The van der Waals surface area contributed by atoms with Crippen LogP contribution in [0.25, 0.3) is 11.3 Å². The number of rotatable bonds is 3. The monoisotopic (exact) mass is 233 g/mol. The van der Waals surface area contributed by atoms with E-state index in [1.807, 2.05) is 0 Å². The molecule has 0 unspecified atom stereocenters. The molecule has 17 heavy (non-hydrogen) atoms. The Balaban J connectivity index is 2.40. The molecular weight excluding hydrogens is 222 g/mol. The lowest BCUT2D eigenvalue weighted by Crippen LogP contribution is -2.06. The standard InChI is InChI=1S/C11H11N3O3/c1-2-17-11(16)10-9(12-14-13-10)7-4-3-5-8(15)6-7/h3-6,15H,2H2,1H3,(H,12,13,14). The van der Waals surface area contributed by atoms with Crippen molar-refractivity contribution < 1.29 is 14.6 Å². The van der Waals surface area contributed by atoms with Gasteiger partial charge < -0.3 is 9.84 Å². The minimum atomic E-state index is -0.542. The Morgan fingerprint density at radius 1 is 1.47 bits per heavy atom. The molecule has 0 aliphatic carbocycles. The number of H-pyrrole nitrogens is 1. The number of nitrogens with one attached hydrogen (secondary N) is 1. The van der Waals surface area contributed by atoms with Crippen molar-refractivity contribution in [3.63, 3.8) is 0 Å². The Bertz CT molecular complexity index is 536. The van der Waals surface area contributed by atoms with Gasteiger partial charge in [0.1, 0.15) is 11.4 Å². The lowest BCUT2D eigenvalue weighted by Gasteiger charge is -2.01. The van der Waals surface area contributed by atoms with Gasteiger partial charge in [-0.05, 0) is 19.1 Å². The number of carbonyl (C=O) groups excluding carboxylic acids is 1. The van der Waals surface area contributed by atoms with Crippen LogP contribution in [-0.2, 0) is 4.74 Å². The van der Waals surface area contributed by atoms with Gasteiger partial charge >= 0.3 is 5.97 Å². The summed E-state index contributed by atoms with van der Waals surface area (Å²) in [7, 11) is 0. The Labute approximate surface area is 97.2 Å². The van der Waals surface area contributed by atoms with Gasteiger partial charge in [0.05, 0.1) is 6.61 Å². The first kappa shape index (κ1) is 11.1. The van der Waals surface area contributed by atoms with E-state index in [4.69, 9.17) is 4.74 Å². The fourth-order valence-corrected chi connectivity index (χ4v) is 1.43. The second kappa shape index (κ2) is 4.65. The molecule has 2 rings (SSSR count). The Hall–Kier alpha value is -2.37. The number of hydrogen-bond donors (Lipinski definition) is 2. The van der Waals surface area contributed by atoms with Crippen LogP contribution in [0.2, 0.25) is 0 Å². The zero-order valence-electron chi connectivity index (χ0n) is 9.17. The van der Waals surface area contributed by atoms with Gasteiger partial charge in [-0.25, -0.2) is 4.79 Å². The quantitative estimate of drug-likeness (QED) is 0.781. The van der Waals surface area contributed by atoms with Crippen LogP contribution in [0, 0.1) is 0 Å². The molecule has 0 bridgehead atoms. The van der Waals surface area contributed by atoms with Crippen LogP contribution < -0.4 is 0 Å². The number of aromatic hydroxyl groups is 1. The molecule has 0 fully saturated rings. The fourth-order valence-electron chi connectivity index (χ4n) is 1.43. The SMILES string of the molecule is CCOC(=O)c1n[nH]nc1-c1cccc(O)c1. The number of nitrogens with zero attached hydrogens (tertiary/aromatic N) is 2. The number of phenols is 1. The summed E-state index contributed by atoms with van der Waals surface area (Å²) in [5.74, 6) is -0.445. The normalized spacial score (nSPS) is 10.2. The largest absolute Gasteiger partial charge is 0.508 e. The van der Waals surface area contributed by atoms with Crippen LogP contribution >= 0.6 is 0 Å². The van der Waals surface area contributed by atoms with Gasteiger partial charge in [0.2, 0.25) is 0 Å². The third kappa shape index (κ3) is 2.25. The van der Waals surface area contributed by atoms with Gasteiger partial charge in [0.25, 0.3) is 0 Å². The van der Waals surface area contributed by atoms with Crippen molar-refractivity contribution >= 4 is 5.97 Å². The topological polar surface area (TPSA) is 88.1 Å². The molecule has 0 atom stereocenters. The van der Waals surface area contributed by atoms with Gasteiger partial charge in [-0.2, -0.15) is 10.3 Å². The lowest BCUT2D eigenvalue weighted by molar-refractivity contribution is 0.0520. The average molecular weight is 233 g/mol. The van der Waals surface area contributed by atoms with Crippen molar-refractivity contribution in [2.24, 2.45) is 0 Å². The van der Waals surface area contributed by atoms with E-state index < -0.39 is 5.97 Å². The van der Waals surface area contributed by atoms with Gasteiger partial charge in [-0.3, -0.25) is 0 Å². The van der Waals surface area contributed by atoms with Crippen LogP contribution in [0.5, 0.6) is 5.75 Å². The highest BCUT2D eigenvalue weighted by atomic mass is 16.5. The summed E-state index contributed by atoms with van der Waals surface area (Å²) in [6.07, 6.45) is 0. The van der Waals surface area contributed by atoms with Crippen molar-refractivity contribution in [3.8, 4) is 17.0 Å². The lowest BCUT2D eigenvalue weighted by atomic mass is 10.1. The van der Waals surface area contributed by atoms with E-state index in [9.17, 15) is 9.90 Å². The first-order valence-electron chi connectivity index (χ1n) is 5.09. The second-order valence-electron chi connectivity index (χ2n) is 3.29. The molecule has 1 aromatic carbocycles. The zero-order valence-corrected chi connectivity index (χ0v) is 9.17. The predicted molar refractivity (Wildman–Crippen MR) is 59.4 cm³/mol. The van der Waals surface area contributed by atoms with Crippen molar-refractivity contribution in [3.05, 3.63) is 30.0 Å². The van der Waals surface area contributed by atoms with Crippen LogP contribution in [0.4, 0.5) is 0 Å². The van der Waals surface area contributed by atoms with Gasteiger partial charge in [-0.1, -0.05) is 12.1 Å². The summed E-state index contributed by atoms with van der Waals surface area (Å²) in [5.41, 5.74) is 1.07. The number of aromatic amines is 1. The molecule has 6 heteroatoms.